The number of carbonyl (C=O) groups is 1. The normalized spacial score (nSPS) is 10.3. The third kappa shape index (κ3) is 2.85. The van der Waals surface area contributed by atoms with E-state index >= 15 is 0 Å². The van der Waals surface area contributed by atoms with Crippen molar-refractivity contribution >= 4 is 11.9 Å². The van der Waals surface area contributed by atoms with E-state index in [2.05, 4.69) is 20.5 Å². The van der Waals surface area contributed by atoms with E-state index in [1.54, 1.807) is 32.9 Å². The first-order chi connectivity index (χ1) is 8.97. The predicted octanol–water partition coefficient (Wildman–Crippen LogP) is 1.75. The Kier molecular flexibility index (Phi) is 3.41. The SMILES string of the molecule is Cc1ccc(C(=O)Nc2nnc(C)c(C)n2)cc1O. The quantitative estimate of drug-likeness (QED) is 0.856. The largest absolute Gasteiger partial charge is 0.508 e. The molecule has 0 atom stereocenters. The number of carbonyl (C=O) groups excluding carboxylic acids is 1. The first-order valence-corrected chi connectivity index (χ1v) is 5.76. The molecule has 0 saturated carbocycles. The zero-order valence-electron chi connectivity index (χ0n) is 10.9. The van der Waals surface area contributed by atoms with Crippen LogP contribution in [-0.4, -0.2) is 26.2 Å². The number of nitrogens with zero attached hydrogens (tertiary/aromatic N) is 3. The number of anilines is 1. The van der Waals surface area contributed by atoms with Crippen molar-refractivity contribution < 1.29 is 9.90 Å². The van der Waals surface area contributed by atoms with Crippen molar-refractivity contribution in [1.29, 1.82) is 0 Å². The molecule has 0 fully saturated rings. The van der Waals surface area contributed by atoms with Crippen LogP contribution in [0, 0.1) is 20.8 Å². The van der Waals surface area contributed by atoms with Crippen LogP contribution in [0.4, 0.5) is 5.95 Å². The van der Waals surface area contributed by atoms with Gasteiger partial charge in [-0.15, -0.1) is 5.10 Å². The molecule has 1 aromatic heterocycles. The Morgan fingerprint density at radius 2 is 1.89 bits per heavy atom. The van der Waals surface area contributed by atoms with Crippen LogP contribution in [-0.2, 0) is 0 Å². The van der Waals surface area contributed by atoms with Crippen LogP contribution in [0.3, 0.4) is 0 Å². The molecule has 1 heterocycles. The number of hydrogen-bond donors (Lipinski definition) is 2. The standard InChI is InChI=1S/C13H14N4O2/c1-7-4-5-10(6-11(7)18)12(19)15-13-14-8(2)9(3)16-17-13/h4-6,18H,1-3H3,(H,14,15,17,19). The number of aromatic hydroxyl groups is 1. The number of aromatic nitrogens is 3. The van der Waals surface area contributed by atoms with E-state index < -0.39 is 0 Å². The summed E-state index contributed by atoms with van der Waals surface area (Å²) in [5.74, 6) is -0.166. The van der Waals surface area contributed by atoms with Crippen molar-refractivity contribution in [1.82, 2.24) is 15.2 Å². The molecule has 0 aliphatic carbocycles. The maximum atomic E-state index is 11.9. The van der Waals surface area contributed by atoms with Crippen LogP contribution in [0.1, 0.15) is 27.3 Å². The fourth-order valence-corrected chi connectivity index (χ4v) is 1.43. The Morgan fingerprint density at radius 1 is 1.16 bits per heavy atom. The molecule has 0 aliphatic rings. The number of benzene rings is 1. The van der Waals surface area contributed by atoms with Crippen LogP contribution >= 0.6 is 0 Å². The van der Waals surface area contributed by atoms with Gasteiger partial charge in [0.15, 0.2) is 0 Å². The third-order valence-electron chi connectivity index (χ3n) is 2.79. The molecule has 0 spiro atoms. The number of aryl methyl sites for hydroxylation is 3. The van der Waals surface area contributed by atoms with Crippen LogP contribution < -0.4 is 5.32 Å². The highest BCUT2D eigenvalue weighted by atomic mass is 16.3. The summed E-state index contributed by atoms with van der Waals surface area (Å²) in [7, 11) is 0. The van der Waals surface area contributed by atoms with Crippen molar-refractivity contribution in [2.45, 2.75) is 20.8 Å². The lowest BCUT2D eigenvalue weighted by Crippen LogP contribution is -2.15. The van der Waals surface area contributed by atoms with Crippen LogP contribution in [0.15, 0.2) is 18.2 Å². The van der Waals surface area contributed by atoms with Crippen LogP contribution in [0.25, 0.3) is 0 Å². The highest BCUT2D eigenvalue weighted by Crippen LogP contribution is 2.18. The minimum atomic E-state index is -0.389. The topological polar surface area (TPSA) is 88.0 Å². The third-order valence-corrected chi connectivity index (χ3v) is 2.79. The van der Waals surface area contributed by atoms with Gasteiger partial charge in [0.1, 0.15) is 5.75 Å². The minimum absolute atomic E-state index is 0.0757. The lowest BCUT2D eigenvalue weighted by Gasteiger charge is -2.06. The van der Waals surface area contributed by atoms with Crippen molar-refractivity contribution in [3.8, 4) is 5.75 Å². The maximum absolute atomic E-state index is 11.9. The molecule has 1 aromatic carbocycles. The van der Waals surface area contributed by atoms with Gasteiger partial charge in [-0.2, -0.15) is 5.10 Å². The second kappa shape index (κ2) is 5.01. The fourth-order valence-electron chi connectivity index (χ4n) is 1.43. The Bertz CT molecular complexity index is 641. The van der Waals surface area contributed by atoms with Gasteiger partial charge in [-0.1, -0.05) is 6.07 Å². The van der Waals surface area contributed by atoms with Crippen molar-refractivity contribution in [3.05, 3.63) is 40.7 Å². The van der Waals surface area contributed by atoms with Gasteiger partial charge in [-0.05, 0) is 38.5 Å². The number of rotatable bonds is 2. The molecule has 0 radical (unpaired) electrons. The molecule has 19 heavy (non-hydrogen) atoms. The second-order valence-electron chi connectivity index (χ2n) is 4.26. The number of phenolic OH excluding ortho intramolecular Hbond substituents is 1. The fraction of sp³-hybridized carbons (Fsp3) is 0.231. The van der Waals surface area contributed by atoms with Crippen molar-refractivity contribution in [2.24, 2.45) is 0 Å². The lowest BCUT2D eigenvalue weighted by molar-refractivity contribution is 0.102. The van der Waals surface area contributed by atoms with E-state index in [4.69, 9.17) is 0 Å². The average Bonchev–Trinajstić information content (AvgIpc) is 2.37. The predicted molar refractivity (Wildman–Crippen MR) is 70.1 cm³/mol. The molecular weight excluding hydrogens is 244 g/mol. The highest BCUT2D eigenvalue weighted by Gasteiger charge is 2.10. The molecule has 2 N–H and O–H groups in total. The van der Waals surface area contributed by atoms with E-state index in [0.29, 0.717) is 22.5 Å². The lowest BCUT2D eigenvalue weighted by atomic mass is 10.1. The smallest absolute Gasteiger partial charge is 0.258 e. The number of nitrogens with one attached hydrogen (secondary N) is 1. The van der Waals surface area contributed by atoms with E-state index in [1.807, 2.05) is 0 Å². The summed E-state index contributed by atoms with van der Waals surface area (Å²) >= 11 is 0. The van der Waals surface area contributed by atoms with Gasteiger partial charge in [-0.25, -0.2) is 4.98 Å². The summed E-state index contributed by atoms with van der Waals surface area (Å²) in [6, 6.07) is 4.70. The first kappa shape index (κ1) is 12.9. The monoisotopic (exact) mass is 258 g/mol. The molecule has 2 aromatic rings. The Balaban J connectivity index is 2.20. The molecule has 2 rings (SSSR count). The number of amides is 1. The summed E-state index contributed by atoms with van der Waals surface area (Å²) in [6.45, 7) is 5.34. The number of hydrogen-bond acceptors (Lipinski definition) is 5. The van der Waals surface area contributed by atoms with Crippen molar-refractivity contribution in [2.75, 3.05) is 5.32 Å². The van der Waals surface area contributed by atoms with Crippen LogP contribution in [0.2, 0.25) is 0 Å². The van der Waals surface area contributed by atoms with Gasteiger partial charge in [0.2, 0.25) is 5.95 Å². The van der Waals surface area contributed by atoms with Gasteiger partial charge in [0.25, 0.3) is 5.91 Å². The zero-order valence-corrected chi connectivity index (χ0v) is 10.9. The molecule has 1 amide bonds. The molecule has 0 aliphatic heterocycles. The van der Waals surface area contributed by atoms with Gasteiger partial charge in [0.05, 0.1) is 11.4 Å². The van der Waals surface area contributed by atoms with Crippen LogP contribution in [0.5, 0.6) is 5.75 Å². The molecule has 98 valence electrons. The molecule has 0 unspecified atom stereocenters. The van der Waals surface area contributed by atoms with Gasteiger partial charge < -0.3 is 5.11 Å². The molecule has 6 heteroatoms. The molecule has 6 nitrogen and oxygen atoms in total. The minimum Gasteiger partial charge on any atom is -0.508 e. The van der Waals surface area contributed by atoms with E-state index in [0.717, 1.165) is 0 Å². The average molecular weight is 258 g/mol. The maximum Gasteiger partial charge on any atom is 0.258 e. The van der Waals surface area contributed by atoms with E-state index in [9.17, 15) is 9.90 Å². The summed E-state index contributed by atoms with van der Waals surface area (Å²) in [5, 5.41) is 19.8. The highest BCUT2D eigenvalue weighted by molar-refractivity contribution is 6.03. The second-order valence-corrected chi connectivity index (χ2v) is 4.26. The zero-order chi connectivity index (χ0) is 14.0. The summed E-state index contributed by atoms with van der Waals surface area (Å²) in [4.78, 5) is 16.1. The number of phenols is 1. The van der Waals surface area contributed by atoms with Gasteiger partial charge in [0, 0.05) is 5.56 Å². The summed E-state index contributed by atoms with van der Waals surface area (Å²) in [6.07, 6.45) is 0. The van der Waals surface area contributed by atoms with Gasteiger partial charge >= 0.3 is 0 Å². The molecule has 0 saturated heterocycles. The summed E-state index contributed by atoms with van der Waals surface area (Å²) in [5.41, 5.74) is 2.47. The first-order valence-electron chi connectivity index (χ1n) is 5.76. The van der Waals surface area contributed by atoms with E-state index in [-0.39, 0.29) is 17.6 Å². The van der Waals surface area contributed by atoms with Crippen molar-refractivity contribution in [3.63, 3.8) is 0 Å². The van der Waals surface area contributed by atoms with Gasteiger partial charge in [-0.3, -0.25) is 10.1 Å². The Hall–Kier alpha value is -2.50. The summed E-state index contributed by atoms with van der Waals surface area (Å²) < 4.78 is 0. The van der Waals surface area contributed by atoms with E-state index in [1.165, 1.54) is 6.07 Å². The molecular formula is C13H14N4O2. The Labute approximate surface area is 110 Å². The Morgan fingerprint density at radius 3 is 2.53 bits per heavy atom. The molecule has 0 bridgehead atoms.